The van der Waals surface area contributed by atoms with Crippen LogP contribution in [0.15, 0.2) is 10.3 Å². The summed E-state index contributed by atoms with van der Waals surface area (Å²) in [5, 5.41) is 20.5. The molecule has 0 aliphatic carbocycles. The van der Waals surface area contributed by atoms with Crippen LogP contribution in [0.5, 0.6) is 0 Å². The second-order valence-corrected chi connectivity index (χ2v) is 8.15. The fourth-order valence-electron chi connectivity index (χ4n) is 1.72. The minimum Gasteiger partial charge on any atom is -0.387 e. The predicted octanol–water partition coefficient (Wildman–Crippen LogP) is 1.46. The molecule has 0 bridgehead atoms. The molecule has 0 aromatic carbocycles. The van der Waals surface area contributed by atoms with Gasteiger partial charge in [-0.15, -0.1) is 11.3 Å². The first-order chi connectivity index (χ1) is 8.69. The zero-order chi connectivity index (χ0) is 14.4. The number of hydrogen-bond donors (Lipinski definition) is 1. The highest BCUT2D eigenvalue weighted by Crippen LogP contribution is 2.39. The van der Waals surface area contributed by atoms with Gasteiger partial charge in [0.2, 0.25) is 0 Å². The molecule has 1 fully saturated rings. The van der Waals surface area contributed by atoms with E-state index in [1.807, 2.05) is 0 Å². The lowest BCUT2D eigenvalue weighted by Gasteiger charge is -2.44. The summed E-state index contributed by atoms with van der Waals surface area (Å²) in [4.78, 5) is 9.92. The maximum absolute atomic E-state index is 12.2. The lowest BCUT2D eigenvalue weighted by atomic mass is 9.94. The van der Waals surface area contributed by atoms with Gasteiger partial charge in [0.05, 0.1) is 10.5 Å². The van der Waals surface area contributed by atoms with Gasteiger partial charge in [-0.25, -0.2) is 8.42 Å². The number of aliphatic hydroxyl groups is 1. The van der Waals surface area contributed by atoms with Crippen LogP contribution in [0.25, 0.3) is 0 Å². The normalized spacial score (nSPS) is 19.1. The number of sulfonamides is 1. The minimum absolute atomic E-state index is 0.00481. The Morgan fingerprint density at radius 3 is 2.63 bits per heavy atom. The van der Waals surface area contributed by atoms with E-state index in [1.54, 1.807) is 6.92 Å². The van der Waals surface area contributed by atoms with Crippen LogP contribution in [-0.4, -0.2) is 41.4 Å². The van der Waals surface area contributed by atoms with E-state index in [4.69, 9.17) is 11.6 Å². The van der Waals surface area contributed by atoms with Gasteiger partial charge in [-0.2, -0.15) is 4.31 Å². The molecule has 19 heavy (non-hydrogen) atoms. The van der Waals surface area contributed by atoms with Gasteiger partial charge >= 0.3 is 0 Å². The van der Waals surface area contributed by atoms with Gasteiger partial charge in [-0.3, -0.25) is 10.1 Å². The van der Waals surface area contributed by atoms with Crippen molar-refractivity contribution in [2.45, 2.75) is 23.2 Å². The number of hydrogen-bond acceptors (Lipinski definition) is 6. The van der Waals surface area contributed by atoms with Gasteiger partial charge in [0.1, 0.15) is 4.21 Å². The molecular weight excluding hydrogens is 316 g/mol. The molecule has 0 radical (unpaired) electrons. The molecule has 0 atom stereocenters. The third-order valence-corrected chi connectivity index (χ3v) is 6.62. The van der Waals surface area contributed by atoms with Gasteiger partial charge in [-0.1, -0.05) is 18.5 Å². The molecular formula is C9H11ClN2O5S2. The van der Waals surface area contributed by atoms with Crippen LogP contribution >= 0.6 is 22.9 Å². The Kier molecular flexibility index (Phi) is 3.60. The second-order valence-electron chi connectivity index (χ2n) is 4.33. The highest BCUT2D eigenvalue weighted by Gasteiger charge is 2.46. The molecule has 1 aromatic heterocycles. The van der Waals surface area contributed by atoms with Crippen molar-refractivity contribution in [2.24, 2.45) is 0 Å². The third kappa shape index (κ3) is 2.48. The molecule has 10 heteroatoms. The summed E-state index contributed by atoms with van der Waals surface area (Å²) in [5.41, 5.74) is -1.42. The molecule has 1 saturated heterocycles. The van der Waals surface area contributed by atoms with Crippen molar-refractivity contribution >= 4 is 38.6 Å². The standard InChI is InChI=1S/C9H11ClN2O5S2/c1-2-9(13)4-11(5-9)19(16,17)7-3-6(12(14)15)8(10)18-7/h3,13H,2,4-5H2,1H3. The Hall–Kier alpha value is -0.740. The first-order valence-electron chi connectivity index (χ1n) is 5.36. The first-order valence-corrected chi connectivity index (χ1v) is 7.99. The smallest absolute Gasteiger partial charge is 0.300 e. The maximum Gasteiger partial charge on any atom is 0.300 e. The van der Waals surface area contributed by atoms with E-state index in [0.29, 0.717) is 17.8 Å². The maximum atomic E-state index is 12.2. The third-order valence-electron chi connectivity index (χ3n) is 3.04. The zero-order valence-electron chi connectivity index (χ0n) is 9.87. The zero-order valence-corrected chi connectivity index (χ0v) is 12.3. The van der Waals surface area contributed by atoms with E-state index < -0.39 is 26.2 Å². The number of rotatable bonds is 4. The number of halogens is 1. The van der Waals surface area contributed by atoms with Crippen LogP contribution in [0, 0.1) is 10.1 Å². The van der Waals surface area contributed by atoms with Gasteiger partial charge < -0.3 is 5.11 Å². The summed E-state index contributed by atoms with van der Waals surface area (Å²) in [6.07, 6.45) is 0.449. The molecule has 0 spiro atoms. The monoisotopic (exact) mass is 326 g/mol. The Bertz CT molecular complexity index is 621. The molecule has 0 amide bonds. The average Bonchev–Trinajstić information content (AvgIpc) is 2.67. The lowest BCUT2D eigenvalue weighted by molar-refractivity contribution is -0.384. The van der Waals surface area contributed by atoms with Crippen molar-refractivity contribution in [3.8, 4) is 0 Å². The van der Waals surface area contributed by atoms with Crippen LogP contribution in [0.1, 0.15) is 13.3 Å². The van der Waals surface area contributed by atoms with Crippen LogP contribution in [0.3, 0.4) is 0 Å². The second kappa shape index (κ2) is 4.67. The van der Waals surface area contributed by atoms with E-state index in [0.717, 1.165) is 10.4 Å². The van der Waals surface area contributed by atoms with Gasteiger partial charge in [0.25, 0.3) is 15.7 Å². The van der Waals surface area contributed by atoms with Gasteiger partial charge in [-0.05, 0) is 6.42 Å². The molecule has 7 nitrogen and oxygen atoms in total. The largest absolute Gasteiger partial charge is 0.387 e. The summed E-state index contributed by atoms with van der Waals surface area (Å²) >= 11 is 6.29. The van der Waals surface area contributed by atoms with Crippen LogP contribution in [-0.2, 0) is 10.0 Å². The van der Waals surface area contributed by atoms with Gasteiger partial charge in [0.15, 0.2) is 4.34 Å². The van der Waals surface area contributed by atoms with E-state index in [1.165, 1.54) is 0 Å². The first kappa shape index (κ1) is 14.7. The molecule has 0 saturated carbocycles. The molecule has 0 unspecified atom stereocenters. The Balaban J connectivity index is 2.27. The van der Waals surface area contributed by atoms with E-state index in [-0.39, 0.29) is 21.6 Å². The molecule has 2 heterocycles. The van der Waals surface area contributed by atoms with E-state index in [9.17, 15) is 23.6 Å². The van der Waals surface area contributed by atoms with Crippen molar-refractivity contribution in [1.29, 1.82) is 0 Å². The van der Waals surface area contributed by atoms with Crippen LogP contribution in [0.4, 0.5) is 5.69 Å². The topological polar surface area (TPSA) is 101 Å². The fourth-order valence-corrected chi connectivity index (χ4v) is 5.14. The summed E-state index contributed by atoms with van der Waals surface area (Å²) in [6.45, 7) is 1.75. The van der Waals surface area contributed by atoms with Crippen molar-refractivity contribution in [2.75, 3.05) is 13.1 Å². The minimum atomic E-state index is -3.82. The van der Waals surface area contributed by atoms with E-state index >= 15 is 0 Å². The molecule has 1 aliphatic rings. The number of nitro groups is 1. The summed E-state index contributed by atoms with van der Waals surface area (Å²) in [5.74, 6) is 0. The number of nitrogens with zero attached hydrogens (tertiary/aromatic N) is 2. The van der Waals surface area contributed by atoms with Crippen molar-refractivity contribution < 1.29 is 18.4 Å². The number of thiophene rings is 1. The SMILES string of the molecule is CCC1(O)CN(S(=O)(=O)c2cc([N+](=O)[O-])c(Cl)s2)C1. The number of β-amino-alcohol motifs (C(OH)–C–C–N with tert-alkyl or cyclic N) is 1. The molecule has 1 aliphatic heterocycles. The molecule has 1 N–H and O–H groups in total. The van der Waals surface area contributed by atoms with Crippen LogP contribution in [0.2, 0.25) is 4.34 Å². The van der Waals surface area contributed by atoms with Crippen molar-refractivity contribution in [1.82, 2.24) is 4.31 Å². The molecule has 106 valence electrons. The van der Waals surface area contributed by atoms with Crippen molar-refractivity contribution in [3.63, 3.8) is 0 Å². The average molecular weight is 327 g/mol. The van der Waals surface area contributed by atoms with Gasteiger partial charge in [0, 0.05) is 19.2 Å². The lowest BCUT2D eigenvalue weighted by Crippen LogP contribution is -2.62. The predicted molar refractivity (Wildman–Crippen MR) is 70.0 cm³/mol. The van der Waals surface area contributed by atoms with Crippen molar-refractivity contribution in [3.05, 3.63) is 20.5 Å². The fraction of sp³-hybridized carbons (Fsp3) is 0.556. The Morgan fingerprint density at radius 2 is 2.21 bits per heavy atom. The summed E-state index contributed by atoms with van der Waals surface area (Å²) in [6, 6.07) is 0.950. The summed E-state index contributed by atoms with van der Waals surface area (Å²) in [7, 11) is -3.82. The molecule has 1 aromatic rings. The highest BCUT2D eigenvalue weighted by atomic mass is 35.5. The Morgan fingerprint density at radius 1 is 1.63 bits per heavy atom. The summed E-state index contributed by atoms with van der Waals surface area (Å²) < 4.78 is 25.0. The van der Waals surface area contributed by atoms with Crippen LogP contribution < -0.4 is 0 Å². The quantitative estimate of drug-likeness (QED) is 0.666. The van der Waals surface area contributed by atoms with E-state index in [2.05, 4.69) is 0 Å². The molecule has 2 rings (SSSR count). The Labute approximate surface area is 118 Å². The highest BCUT2D eigenvalue weighted by molar-refractivity contribution is 7.91.